The number of aromatic nitrogens is 2. The molecule has 0 fully saturated rings. The first-order valence-electron chi connectivity index (χ1n) is 24.0. The van der Waals surface area contributed by atoms with Crippen LogP contribution in [0.1, 0.15) is 107 Å². The van der Waals surface area contributed by atoms with Gasteiger partial charge in [0.1, 0.15) is 12.4 Å². The van der Waals surface area contributed by atoms with Crippen LogP contribution in [0, 0.1) is 19.7 Å². The number of aryl methyl sites for hydroxylation is 2. The summed E-state index contributed by atoms with van der Waals surface area (Å²) in [6.45, 7) is 13.6. The molecule has 4 aromatic rings. The molecule has 394 valence electrons. The van der Waals surface area contributed by atoms with Gasteiger partial charge < -0.3 is 52.2 Å². The van der Waals surface area contributed by atoms with Gasteiger partial charge in [-0.05, 0) is 79.6 Å². The van der Waals surface area contributed by atoms with Crippen LogP contribution in [-0.4, -0.2) is 92.5 Å². The van der Waals surface area contributed by atoms with Gasteiger partial charge >= 0.3 is 12.2 Å². The molecule has 0 radical (unpaired) electrons. The number of carbonyl (C=O) groups is 7. The molecule has 2 aromatic heterocycles. The number of hydrogen-bond donors (Lipinski definition) is 8. The van der Waals surface area contributed by atoms with Crippen LogP contribution in [-0.2, 0) is 48.4 Å². The molecule has 0 spiro atoms. The van der Waals surface area contributed by atoms with Crippen LogP contribution in [0.15, 0.2) is 65.6 Å². The number of anilines is 1. The first kappa shape index (κ1) is 59.2. The lowest BCUT2D eigenvalue weighted by atomic mass is 9.98. The van der Waals surface area contributed by atoms with Crippen molar-refractivity contribution in [2.24, 2.45) is 17.3 Å². The van der Waals surface area contributed by atoms with Gasteiger partial charge in [-0.15, -0.1) is 0 Å². The lowest BCUT2D eigenvalue weighted by Crippen LogP contribution is -2.40. The van der Waals surface area contributed by atoms with E-state index in [1.54, 1.807) is 50.2 Å². The van der Waals surface area contributed by atoms with E-state index in [1.165, 1.54) is 40.4 Å². The number of imide groups is 1. The molecule has 0 saturated heterocycles. The quantitative estimate of drug-likeness (QED) is 0.0174. The smallest absolute Gasteiger partial charge is 0.450 e. The first-order chi connectivity index (χ1) is 34.8. The maximum atomic E-state index is 14.8. The molecule has 0 unspecified atom stereocenters. The van der Waals surface area contributed by atoms with E-state index < -0.39 is 42.0 Å². The third kappa shape index (κ3) is 17.6. The van der Waals surface area contributed by atoms with Gasteiger partial charge in [0.15, 0.2) is 0 Å². The third-order valence-corrected chi connectivity index (χ3v) is 10.8. The lowest BCUT2D eigenvalue weighted by molar-refractivity contribution is -0.137. The number of pyridine rings is 2. The Kier molecular flexibility index (Phi) is 23.7. The molecule has 4 heterocycles. The number of halogens is 1. The first-order valence-corrected chi connectivity index (χ1v) is 24.0. The van der Waals surface area contributed by atoms with Crippen molar-refractivity contribution in [2.75, 3.05) is 31.5 Å². The van der Waals surface area contributed by atoms with Crippen molar-refractivity contribution in [3.63, 3.8) is 0 Å². The van der Waals surface area contributed by atoms with Gasteiger partial charge in [-0.25, -0.2) is 24.8 Å². The van der Waals surface area contributed by atoms with E-state index in [2.05, 4.69) is 35.1 Å². The monoisotopic (exact) mass is 1010 g/mol. The summed E-state index contributed by atoms with van der Waals surface area (Å²) in [6, 6.07) is 10.8. The van der Waals surface area contributed by atoms with Gasteiger partial charge in [-0.3, -0.25) is 33.7 Å². The van der Waals surface area contributed by atoms with Crippen LogP contribution < -0.4 is 44.1 Å². The summed E-state index contributed by atoms with van der Waals surface area (Å²) in [4.78, 5) is 100. The van der Waals surface area contributed by atoms with Crippen LogP contribution in [0.2, 0.25) is 0 Å². The molecule has 0 saturated carbocycles. The van der Waals surface area contributed by atoms with Crippen LogP contribution in [0.3, 0.4) is 0 Å². The van der Waals surface area contributed by atoms with Crippen molar-refractivity contribution in [1.29, 1.82) is 0 Å². The van der Waals surface area contributed by atoms with Crippen LogP contribution >= 0.6 is 0 Å². The lowest BCUT2D eigenvalue weighted by Gasteiger charge is -2.19. The van der Waals surface area contributed by atoms with Crippen molar-refractivity contribution >= 4 is 64.0 Å². The third-order valence-electron chi connectivity index (χ3n) is 10.8. The van der Waals surface area contributed by atoms with Gasteiger partial charge in [0.05, 0.1) is 54.3 Å². The normalized spacial score (nSPS) is 12.0. The van der Waals surface area contributed by atoms with E-state index in [0.29, 0.717) is 81.6 Å². The van der Waals surface area contributed by atoms with Gasteiger partial charge in [-0.2, -0.15) is 0 Å². The zero-order valence-corrected chi connectivity index (χ0v) is 42.5. The van der Waals surface area contributed by atoms with Crippen LogP contribution in [0.25, 0.3) is 28.0 Å². The Morgan fingerprint density at radius 1 is 0.849 bits per heavy atom. The Morgan fingerprint density at radius 2 is 1.48 bits per heavy atom. The Hall–Kier alpha value is -8.14. The largest absolute Gasteiger partial charge is 0.506 e. The second kappa shape index (κ2) is 29.3. The van der Waals surface area contributed by atoms with E-state index in [1.807, 2.05) is 20.8 Å². The molecule has 2 aliphatic rings. The number of benzene rings is 2. The topological polar surface area (TPSA) is 316 Å². The Morgan fingerprint density at radius 3 is 2.08 bits per heavy atom. The highest BCUT2D eigenvalue weighted by atomic mass is 19.1. The van der Waals surface area contributed by atoms with E-state index in [0.717, 1.165) is 11.3 Å². The number of carbonyl (C=O) groups excluding carboxylic acids is 6. The fourth-order valence-corrected chi connectivity index (χ4v) is 7.27. The highest BCUT2D eigenvalue weighted by Crippen LogP contribution is 2.37. The van der Waals surface area contributed by atoms with Crippen molar-refractivity contribution < 1.29 is 47.8 Å². The van der Waals surface area contributed by atoms with Gasteiger partial charge in [0, 0.05) is 60.6 Å². The van der Waals surface area contributed by atoms with Crippen molar-refractivity contribution in [3.05, 3.63) is 110 Å². The number of hydrazine groups is 1. The summed E-state index contributed by atoms with van der Waals surface area (Å²) in [5.74, 6) is 3.95. The molecule has 0 bridgehead atoms. The van der Waals surface area contributed by atoms with Crippen molar-refractivity contribution in [3.8, 4) is 11.4 Å². The minimum absolute atomic E-state index is 0.0820. The number of rotatable bonds is 19. The van der Waals surface area contributed by atoms with Gasteiger partial charge in [-0.1, -0.05) is 59.6 Å². The molecule has 22 heteroatoms. The number of hydrogen-bond acceptors (Lipinski definition) is 13. The fraction of sp³-hybridized carbons (Fsp3) is 0.392. The molecule has 73 heavy (non-hydrogen) atoms. The number of unbranched alkanes of at least 4 members (excludes halogenated alkanes) is 2. The minimum Gasteiger partial charge on any atom is -0.450 e. The molecular formula is C51H68FN11O10. The van der Waals surface area contributed by atoms with E-state index in [4.69, 9.17) is 32.1 Å². The predicted molar refractivity (Wildman–Crippen MR) is 275 cm³/mol. The minimum atomic E-state index is -1.51. The standard InChI is InChI=1S/C42H44FN9O9.C4H10N2O.C3H8.C2H6/c1-23-15-34-40-29(20-52(34)41(58)30(23)22-61-42(59)60)28(27-14-24(2)31(43)16-33(27)49-40)19-50(45)21-32(44)25-7-9-26(10-8-25)48-37(55)18-47-36(54)17-46-35(53)6-4-3-5-13-51-38(56)11-12-39(51)57;1-2-3-6-4(5)7;1-3-2;1-2/h7-12,14-16,21H,3-6,13,17-20,22,44-45H2,1-2H3,(H,46,53)(H,47,54)(H,48,55)(H,59,60);2-3H2,1H3,(H3,5,6,7);3H2,1-2H3;1-2H3/b32-21-;;;. The summed E-state index contributed by atoms with van der Waals surface area (Å²) < 4.78 is 21.0. The zero-order chi connectivity index (χ0) is 54.4. The Balaban J connectivity index is 0.00000106. The maximum Gasteiger partial charge on any atom is 0.506 e. The molecule has 7 amide bonds. The van der Waals surface area contributed by atoms with Crippen molar-refractivity contribution in [1.82, 2.24) is 35.4 Å². The Labute approximate surface area is 423 Å². The molecule has 6 rings (SSSR count). The molecule has 2 aliphatic heterocycles. The van der Waals surface area contributed by atoms with Crippen LogP contribution in [0.4, 0.5) is 19.7 Å². The van der Waals surface area contributed by atoms with E-state index >= 15 is 0 Å². The average molecular weight is 1010 g/mol. The summed E-state index contributed by atoms with van der Waals surface area (Å²) in [5, 5.41) is 21.0. The number of ether oxygens (including phenoxy) is 1. The molecule has 0 atom stereocenters. The SMILES string of the molecule is CC.CCC.CCCNC(N)=O.Cc1cc2c(CN(N)/C=C(\N)c3ccc(NC(=O)CNC(=O)CNC(=O)CCCCCN4C(=O)C=CC4=O)cc3)c3c(nc2cc1F)-c1cc(C)c(COC(=O)O)c(=O)n1C3. The molecule has 2 aromatic carbocycles. The number of nitrogens with one attached hydrogen (secondary N) is 4. The van der Waals surface area contributed by atoms with Gasteiger partial charge in [0.2, 0.25) is 17.7 Å². The number of amides is 7. The molecule has 11 N–H and O–H groups in total. The number of nitrogens with two attached hydrogens (primary N) is 3. The number of urea groups is 1. The van der Waals surface area contributed by atoms with E-state index in [9.17, 15) is 42.7 Å². The predicted octanol–water partition coefficient (Wildman–Crippen LogP) is 5.17. The number of nitrogens with zero attached hydrogens (tertiary/aromatic N) is 4. The molecular weight excluding hydrogens is 946 g/mol. The highest BCUT2D eigenvalue weighted by Gasteiger charge is 2.29. The fourth-order valence-electron chi connectivity index (χ4n) is 7.27. The number of carboxylic acid groups (broad SMARTS) is 1. The van der Waals surface area contributed by atoms with E-state index in [-0.39, 0.29) is 68.1 Å². The summed E-state index contributed by atoms with van der Waals surface area (Å²) in [6.07, 6.45) is 6.47. The van der Waals surface area contributed by atoms with Crippen LogP contribution in [0.5, 0.6) is 0 Å². The van der Waals surface area contributed by atoms with Gasteiger partial charge in [0.25, 0.3) is 17.4 Å². The summed E-state index contributed by atoms with van der Waals surface area (Å²) in [7, 11) is 0. The summed E-state index contributed by atoms with van der Waals surface area (Å²) >= 11 is 0. The molecule has 21 nitrogen and oxygen atoms in total. The summed E-state index contributed by atoms with van der Waals surface area (Å²) in [5.41, 5.74) is 15.8. The highest BCUT2D eigenvalue weighted by molar-refractivity contribution is 6.12. The second-order valence-electron chi connectivity index (χ2n) is 16.6. The number of primary amides is 1. The Bertz CT molecular complexity index is 2740. The van der Waals surface area contributed by atoms with Crippen molar-refractivity contribution in [2.45, 2.75) is 107 Å². The number of fused-ring (bicyclic) bond motifs is 4. The second-order valence-corrected chi connectivity index (χ2v) is 16.6. The molecule has 0 aliphatic carbocycles. The average Bonchev–Trinajstić information content (AvgIpc) is 3.88. The maximum absolute atomic E-state index is 14.8. The zero-order valence-electron chi connectivity index (χ0n) is 42.5.